The predicted octanol–water partition coefficient (Wildman–Crippen LogP) is 0.383. The van der Waals surface area contributed by atoms with Crippen LogP contribution in [0.5, 0.6) is 0 Å². The molecular formula is C10H16N2O. The molecule has 0 saturated carbocycles. The van der Waals surface area contributed by atoms with E-state index in [1.807, 2.05) is 11.0 Å². The molecule has 2 heterocycles. The van der Waals surface area contributed by atoms with E-state index in [-0.39, 0.29) is 6.04 Å². The van der Waals surface area contributed by atoms with Crippen LogP contribution in [0.1, 0.15) is 12.8 Å². The van der Waals surface area contributed by atoms with Crippen LogP contribution in [-0.2, 0) is 4.79 Å². The van der Waals surface area contributed by atoms with Crippen molar-refractivity contribution in [1.29, 1.82) is 0 Å². The quantitative estimate of drug-likeness (QED) is 0.493. The van der Waals surface area contributed by atoms with Crippen LogP contribution >= 0.6 is 0 Å². The number of hydrogen-bond acceptors (Lipinski definition) is 2. The van der Waals surface area contributed by atoms with E-state index in [0.717, 1.165) is 32.5 Å². The summed E-state index contributed by atoms with van der Waals surface area (Å²) in [4.78, 5) is 13.6. The second-order valence-corrected chi connectivity index (χ2v) is 3.86. The van der Waals surface area contributed by atoms with Gasteiger partial charge in [0.2, 0.25) is 5.91 Å². The number of amides is 1. The van der Waals surface area contributed by atoms with Gasteiger partial charge in [-0.05, 0) is 18.8 Å². The fraction of sp³-hybridized carbons (Fsp3) is 0.700. The van der Waals surface area contributed by atoms with Crippen molar-refractivity contribution in [2.24, 2.45) is 5.92 Å². The average Bonchev–Trinajstić information content (AvgIpc) is 3.00. The monoisotopic (exact) mass is 180 g/mol. The average molecular weight is 180 g/mol. The van der Waals surface area contributed by atoms with Crippen LogP contribution in [0.25, 0.3) is 0 Å². The molecule has 0 aliphatic carbocycles. The lowest BCUT2D eigenvalue weighted by atomic mass is 9.97. The van der Waals surface area contributed by atoms with Crippen molar-refractivity contribution in [3.8, 4) is 0 Å². The zero-order valence-corrected chi connectivity index (χ0v) is 7.83. The third kappa shape index (κ3) is 1.91. The molecule has 1 amide bonds. The van der Waals surface area contributed by atoms with Gasteiger partial charge in [0.1, 0.15) is 0 Å². The van der Waals surface area contributed by atoms with E-state index >= 15 is 0 Å². The summed E-state index contributed by atoms with van der Waals surface area (Å²) >= 11 is 0. The first-order chi connectivity index (χ1) is 6.31. The minimum absolute atomic E-state index is 0.139. The van der Waals surface area contributed by atoms with Crippen LogP contribution in [0.15, 0.2) is 12.7 Å². The van der Waals surface area contributed by atoms with Crippen LogP contribution in [0.4, 0.5) is 0 Å². The standard InChI is InChI=1S/C10H16N2O/c1-2-8-3-5-12(6-4-8)10(13)9-7-11-9/h2,8-9,11H,1,3-7H2. The lowest BCUT2D eigenvalue weighted by molar-refractivity contribution is -0.131. The third-order valence-electron chi connectivity index (χ3n) is 2.89. The molecule has 2 aliphatic heterocycles. The third-order valence-corrected chi connectivity index (χ3v) is 2.89. The molecule has 72 valence electrons. The van der Waals surface area contributed by atoms with Gasteiger partial charge >= 0.3 is 0 Å². The number of nitrogens with one attached hydrogen (secondary N) is 1. The molecule has 0 bridgehead atoms. The Bertz CT molecular complexity index is 215. The van der Waals surface area contributed by atoms with Gasteiger partial charge in [-0.2, -0.15) is 0 Å². The molecule has 3 heteroatoms. The van der Waals surface area contributed by atoms with Crippen molar-refractivity contribution in [3.63, 3.8) is 0 Å². The van der Waals surface area contributed by atoms with Crippen LogP contribution in [0, 0.1) is 5.92 Å². The lowest BCUT2D eigenvalue weighted by Crippen LogP contribution is -2.41. The Morgan fingerprint density at radius 3 is 2.54 bits per heavy atom. The van der Waals surface area contributed by atoms with Crippen molar-refractivity contribution in [2.45, 2.75) is 18.9 Å². The molecule has 3 nitrogen and oxygen atoms in total. The van der Waals surface area contributed by atoms with E-state index in [1.165, 1.54) is 0 Å². The first-order valence-electron chi connectivity index (χ1n) is 4.96. The van der Waals surface area contributed by atoms with Crippen molar-refractivity contribution in [2.75, 3.05) is 19.6 Å². The maximum Gasteiger partial charge on any atom is 0.241 e. The van der Waals surface area contributed by atoms with Crippen molar-refractivity contribution in [3.05, 3.63) is 12.7 Å². The summed E-state index contributed by atoms with van der Waals surface area (Å²) in [6.45, 7) is 6.48. The van der Waals surface area contributed by atoms with Crippen LogP contribution in [-0.4, -0.2) is 36.5 Å². The summed E-state index contributed by atoms with van der Waals surface area (Å²) in [5.41, 5.74) is 0. The smallest absolute Gasteiger partial charge is 0.241 e. The Balaban J connectivity index is 1.83. The fourth-order valence-corrected chi connectivity index (χ4v) is 1.81. The van der Waals surface area contributed by atoms with E-state index in [2.05, 4.69) is 11.9 Å². The number of nitrogens with zero attached hydrogens (tertiary/aromatic N) is 1. The highest BCUT2D eigenvalue weighted by Gasteiger charge is 2.33. The molecule has 2 saturated heterocycles. The van der Waals surface area contributed by atoms with Gasteiger partial charge in [-0.3, -0.25) is 4.79 Å². The highest BCUT2D eigenvalue weighted by Crippen LogP contribution is 2.19. The summed E-state index contributed by atoms with van der Waals surface area (Å²) in [7, 11) is 0. The number of carbonyl (C=O) groups excluding carboxylic acids is 1. The van der Waals surface area contributed by atoms with Crippen LogP contribution < -0.4 is 5.32 Å². The van der Waals surface area contributed by atoms with Gasteiger partial charge in [-0.15, -0.1) is 6.58 Å². The molecule has 0 spiro atoms. The predicted molar refractivity (Wildman–Crippen MR) is 51.3 cm³/mol. The van der Waals surface area contributed by atoms with E-state index in [0.29, 0.717) is 11.8 Å². The normalized spacial score (nSPS) is 28.6. The van der Waals surface area contributed by atoms with Gasteiger partial charge in [-0.1, -0.05) is 6.08 Å². The lowest BCUT2D eigenvalue weighted by Gasteiger charge is -2.30. The van der Waals surface area contributed by atoms with Crippen molar-refractivity contribution in [1.82, 2.24) is 10.2 Å². The summed E-state index contributed by atoms with van der Waals surface area (Å²) < 4.78 is 0. The second-order valence-electron chi connectivity index (χ2n) is 3.86. The van der Waals surface area contributed by atoms with Gasteiger partial charge < -0.3 is 10.2 Å². The Hall–Kier alpha value is -0.830. The maximum atomic E-state index is 11.6. The zero-order chi connectivity index (χ0) is 9.26. The summed E-state index contributed by atoms with van der Waals surface area (Å²) in [6.07, 6.45) is 4.18. The summed E-state index contributed by atoms with van der Waals surface area (Å²) in [5, 5.41) is 3.05. The Morgan fingerprint density at radius 1 is 1.46 bits per heavy atom. The second kappa shape index (κ2) is 3.50. The molecular weight excluding hydrogens is 164 g/mol. The number of allylic oxidation sites excluding steroid dienone is 1. The molecule has 0 aromatic carbocycles. The zero-order valence-electron chi connectivity index (χ0n) is 7.83. The molecule has 2 fully saturated rings. The number of likely N-dealkylation sites (tertiary alicyclic amines) is 1. The largest absolute Gasteiger partial charge is 0.341 e. The minimum Gasteiger partial charge on any atom is -0.341 e. The molecule has 2 aliphatic rings. The highest BCUT2D eigenvalue weighted by atomic mass is 16.2. The van der Waals surface area contributed by atoms with E-state index in [4.69, 9.17) is 0 Å². The van der Waals surface area contributed by atoms with E-state index in [9.17, 15) is 4.79 Å². The number of piperidine rings is 1. The molecule has 0 aromatic heterocycles. The van der Waals surface area contributed by atoms with Gasteiger partial charge in [0.25, 0.3) is 0 Å². The topological polar surface area (TPSA) is 42.2 Å². The molecule has 1 N–H and O–H groups in total. The Kier molecular flexibility index (Phi) is 2.36. The molecule has 13 heavy (non-hydrogen) atoms. The molecule has 1 atom stereocenters. The summed E-state index contributed by atoms with van der Waals surface area (Å²) in [6, 6.07) is 0.139. The molecule has 0 radical (unpaired) electrons. The van der Waals surface area contributed by atoms with E-state index < -0.39 is 0 Å². The number of hydrogen-bond donors (Lipinski definition) is 1. The Labute approximate surface area is 78.8 Å². The number of carbonyl (C=O) groups is 1. The SMILES string of the molecule is C=CC1CCN(C(=O)C2CN2)CC1. The van der Waals surface area contributed by atoms with Gasteiger partial charge in [-0.25, -0.2) is 0 Å². The van der Waals surface area contributed by atoms with E-state index in [1.54, 1.807) is 0 Å². The highest BCUT2D eigenvalue weighted by molar-refractivity contribution is 5.84. The fourth-order valence-electron chi connectivity index (χ4n) is 1.81. The van der Waals surface area contributed by atoms with Gasteiger partial charge in [0, 0.05) is 19.6 Å². The first-order valence-corrected chi connectivity index (χ1v) is 4.96. The molecule has 1 unspecified atom stereocenters. The Morgan fingerprint density at radius 2 is 2.08 bits per heavy atom. The van der Waals surface area contributed by atoms with Crippen molar-refractivity contribution < 1.29 is 4.79 Å². The summed E-state index contributed by atoms with van der Waals surface area (Å²) in [5.74, 6) is 0.915. The van der Waals surface area contributed by atoms with Gasteiger partial charge in [0.05, 0.1) is 6.04 Å². The molecule has 0 aromatic rings. The minimum atomic E-state index is 0.139. The first kappa shape index (κ1) is 8.75. The van der Waals surface area contributed by atoms with Crippen molar-refractivity contribution >= 4 is 5.91 Å². The molecule has 2 rings (SSSR count). The van der Waals surface area contributed by atoms with Crippen LogP contribution in [0.2, 0.25) is 0 Å². The maximum absolute atomic E-state index is 11.6. The van der Waals surface area contributed by atoms with Gasteiger partial charge in [0.15, 0.2) is 0 Å². The number of rotatable bonds is 2. The van der Waals surface area contributed by atoms with Crippen LogP contribution in [0.3, 0.4) is 0 Å².